The van der Waals surface area contributed by atoms with Crippen LogP contribution in [0.4, 0.5) is 0 Å². The summed E-state index contributed by atoms with van der Waals surface area (Å²) in [5.41, 5.74) is 7.00. The number of aryl methyl sites for hydroxylation is 1. The van der Waals surface area contributed by atoms with Crippen molar-refractivity contribution in [3.63, 3.8) is 0 Å². The molecule has 1 atom stereocenters. The predicted octanol–water partition coefficient (Wildman–Crippen LogP) is 0.575. The Labute approximate surface area is 89.4 Å². The number of rotatable bonds is 5. The number of hydrogen-bond donors (Lipinski definition) is 3. The van der Waals surface area contributed by atoms with Crippen LogP contribution in [0, 0.1) is 6.92 Å². The summed E-state index contributed by atoms with van der Waals surface area (Å²) in [6.07, 6.45) is 3.36. The molecule has 1 aromatic heterocycles. The van der Waals surface area contributed by atoms with Gasteiger partial charge in [0.1, 0.15) is 0 Å². The van der Waals surface area contributed by atoms with Gasteiger partial charge in [-0.25, -0.2) is 0 Å². The van der Waals surface area contributed by atoms with E-state index in [0.717, 1.165) is 18.5 Å². The molecule has 0 fully saturated rings. The van der Waals surface area contributed by atoms with Gasteiger partial charge in [0.05, 0.1) is 11.8 Å². The molecule has 5 nitrogen and oxygen atoms in total. The van der Waals surface area contributed by atoms with E-state index in [1.165, 1.54) is 6.20 Å². The fourth-order valence-electron chi connectivity index (χ4n) is 1.30. The zero-order valence-corrected chi connectivity index (χ0v) is 9.21. The molecule has 1 aromatic rings. The summed E-state index contributed by atoms with van der Waals surface area (Å²) < 4.78 is 0. The fourth-order valence-corrected chi connectivity index (χ4v) is 1.30. The lowest BCUT2D eigenvalue weighted by atomic mass is 10.2. The minimum Gasteiger partial charge on any atom is -0.352 e. The smallest absolute Gasteiger partial charge is 0.254 e. The maximum absolute atomic E-state index is 11.6. The van der Waals surface area contributed by atoms with Gasteiger partial charge in [-0.1, -0.05) is 0 Å². The third-order valence-corrected chi connectivity index (χ3v) is 2.20. The molecule has 0 spiro atoms. The minimum atomic E-state index is -0.0778. The summed E-state index contributed by atoms with van der Waals surface area (Å²) in [4.78, 5) is 11.6. The van der Waals surface area contributed by atoms with Crippen LogP contribution in [-0.4, -0.2) is 28.7 Å². The van der Waals surface area contributed by atoms with E-state index in [1.54, 1.807) is 0 Å². The van der Waals surface area contributed by atoms with E-state index < -0.39 is 0 Å². The Kier molecular flexibility index (Phi) is 4.30. The average molecular weight is 210 g/mol. The third kappa shape index (κ3) is 3.71. The molecule has 0 radical (unpaired) electrons. The van der Waals surface area contributed by atoms with Crippen molar-refractivity contribution < 1.29 is 4.79 Å². The molecular weight excluding hydrogens is 192 g/mol. The highest BCUT2D eigenvalue weighted by molar-refractivity contribution is 5.94. The van der Waals surface area contributed by atoms with E-state index in [0.29, 0.717) is 12.1 Å². The quantitative estimate of drug-likeness (QED) is 0.621. The normalized spacial score (nSPS) is 12.5. The van der Waals surface area contributed by atoms with Gasteiger partial charge in [0.15, 0.2) is 0 Å². The summed E-state index contributed by atoms with van der Waals surface area (Å²) >= 11 is 0. The number of carbonyl (C=O) groups is 1. The first-order valence-electron chi connectivity index (χ1n) is 5.15. The SMILES string of the molecule is Cc1[nH]ncc1C(=O)NCCCC(C)N. The summed E-state index contributed by atoms with van der Waals surface area (Å²) in [7, 11) is 0. The maximum atomic E-state index is 11.6. The average Bonchev–Trinajstić information content (AvgIpc) is 2.58. The van der Waals surface area contributed by atoms with Gasteiger partial charge in [0.2, 0.25) is 0 Å². The van der Waals surface area contributed by atoms with E-state index in [9.17, 15) is 4.79 Å². The van der Waals surface area contributed by atoms with Crippen LogP contribution in [0.1, 0.15) is 35.8 Å². The number of nitrogens with zero attached hydrogens (tertiary/aromatic N) is 1. The number of H-pyrrole nitrogens is 1. The predicted molar refractivity (Wildman–Crippen MR) is 58.5 cm³/mol. The van der Waals surface area contributed by atoms with E-state index in [1.807, 2.05) is 13.8 Å². The van der Waals surface area contributed by atoms with Crippen molar-refractivity contribution in [3.05, 3.63) is 17.5 Å². The standard InChI is InChI=1S/C10H18N4O/c1-7(11)4-3-5-12-10(15)9-6-13-14-8(9)2/h6-7H,3-5,11H2,1-2H3,(H,12,15)(H,13,14). The van der Waals surface area contributed by atoms with Crippen LogP contribution in [0.15, 0.2) is 6.20 Å². The highest BCUT2D eigenvalue weighted by Gasteiger charge is 2.09. The molecule has 1 heterocycles. The second kappa shape index (κ2) is 5.50. The van der Waals surface area contributed by atoms with Crippen molar-refractivity contribution in [3.8, 4) is 0 Å². The Hall–Kier alpha value is -1.36. The molecule has 0 aliphatic rings. The van der Waals surface area contributed by atoms with Gasteiger partial charge in [0.25, 0.3) is 5.91 Å². The zero-order chi connectivity index (χ0) is 11.3. The molecular formula is C10H18N4O. The number of aromatic nitrogens is 2. The third-order valence-electron chi connectivity index (χ3n) is 2.20. The molecule has 1 unspecified atom stereocenters. The van der Waals surface area contributed by atoms with Crippen molar-refractivity contribution in [2.45, 2.75) is 32.7 Å². The van der Waals surface area contributed by atoms with E-state index in [2.05, 4.69) is 15.5 Å². The van der Waals surface area contributed by atoms with Gasteiger partial charge in [-0.05, 0) is 26.7 Å². The summed E-state index contributed by atoms with van der Waals surface area (Å²) in [6.45, 7) is 4.44. The molecule has 0 bridgehead atoms. The van der Waals surface area contributed by atoms with Gasteiger partial charge in [-0.3, -0.25) is 9.89 Å². The van der Waals surface area contributed by atoms with Gasteiger partial charge in [0, 0.05) is 18.3 Å². The lowest BCUT2D eigenvalue weighted by Crippen LogP contribution is -2.26. The molecule has 1 amide bonds. The Morgan fingerprint density at radius 1 is 1.73 bits per heavy atom. The minimum absolute atomic E-state index is 0.0778. The van der Waals surface area contributed by atoms with Crippen LogP contribution in [0.5, 0.6) is 0 Å². The lowest BCUT2D eigenvalue weighted by molar-refractivity contribution is 0.0952. The van der Waals surface area contributed by atoms with Crippen molar-refractivity contribution >= 4 is 5.91 Å². The van der Waals surface area contributed by atoms with Crippen LogP contribution < -0.4 is 11.1 Å². The van der Waals surface area contributed by atoms with Crippen LogP contribution in [-0.2, 0) is 0 Å². The Bertz CT molecular complexity index is 319. The van der Waals surface area contributed by atoms with Crippen LogP contribution in [0.3, 0.4) is 0 Å². The Morgan fingerprint density at radius 2 is 2.47 bits per heavy atom. The van der Waals surface area contributed by atoms with Crippen LogP contribution >= 0.6 is 0 Å². The maximum Gasteiger partial charge on any atom is 0.254 e. The van der Waals surface area contributed by atoms with Crippen LogP contribution in [0.25, 0.3) is 0 Å². The molecule has 5 heteroatoms. The molecule has 0 saturated heterocycles. The monoisotopic (exact) mass is 210 g/mol. The van der Waals surface area contributed by atoms with Crippen molar-refractivity contribution in [2.24, 2.45) is 5.73 Å². The molecule has 84 valence electrons. The molecule has 0 aliphatic heterocycles. The van der Waals surface area contributed by atoms with Gasteiger partial charge >= 0.3 is 0 Å². The number of hydrogen-bond acceptors (Lipinski definition) is 3. The zero-order valence-electron chi connectivity index (χ0n) is 9.21. The van der Waals surface area contributed by atoms with Gasteiger partial charge < -0.3 is 11.1 Å². The number of aromatic amines is 1. The highest BCUT2D eigenvalue weighted by atomic mass is 16.1. The summed E-state index contributed by atoms with van der Waals surface area (Å²) in [5, 5.41) is 9.35. The summed E-state index contributed by atoms with van der Waals surface area (Å²) in [6, 6.07) is 0.192. The number of nitrogens with one attached hydrogen (secondary N) is 2. The van der Waals surface area contributed by atoms with E-state index in [-0.39, 0.29) is 11.9 Å². The van der Waals surface area contributed by atoms with Gasteiger partial charge in [-0.2, -0.15) is 5.10 Å². The first kappa shape index (κ1) is 11.7. The number of amides is 1. The lowest BCUT2D eigenvalue weighted by Gasteiger charge is -2.06. The number of carbonyl (C=O) groups excluding carboxylic acids is 1. The molecule has 0 aliphatic carbocycles. The van der Waals surface area contributed by atoms with Crippen molar-refractivity contribution in [2.75, 3.05) is 6.54 Å². The van der Waals surface area contributed by atoms with Crippen molar-refractivity contribution in [1.29, 1.82) is 0 Å². The fraction of sp³-hybridized carbons (Fsp3) is 0.600. The highest BCUT2D eigenvalue weighted by Crippen LogP contribution is 2.01. The van der Waals surface area contributed by atoms with Crippen LogP contribution in [0.2, 0.25) is 0 Å². The molecule has 4 N–H and O–H groups in total. The molecule has 1 rings (SSSR count). The Balaban J connectivity index is 2.28. The first-order chi connectivity index (χ1) is 7.11. The number of nitrogens with two attached hydrogens (primary N) is 1. The molecule has 0 aromatic carbocycles. The van der Waals surface area contributed by atoms with Crippen molar-refractivity contribution in [1.82, 2.24) is 15.5 Å². The second-order valence-corrected chi connectivity index (χ2v) is 3.78. The van der Waals surface area contributed by atoms with Gasteiger partial charge in [-0.15, -0.1) is 0 Å². The molecule has 15 heavy (non-hydrogen) atoms. The molecule has 0 saturated carbocycles. The van der Waals surface area contributed by atoms with E-state index in [4.69, 9.17) is 5.73 Å². The largest absolute Gasteiger partial charge is 0.352 e. The summed E-state index contributed by atoms with van der Waals surface area (Å²) in [5.74, 6) is -0.0778. The topological polar surface area (TPSA) is 83.8 Å². The second-order valence-electron chi connectivity index (χ2n) is 3.78. The Morgan fingerprint density at radius 3 is 3.00 bits per heavy atom. The van der Waals surface area contributed by atoms with E-state index >= 15 is 0 Å². The first-order valence-corrected chi connectivity index (χ1v) is 5.15.